The summed E-state index contributed by atoms with van der Waals surface area (Å²) < 4.78 is 0. The molecule has 2 aliphatic rings. The first-order chi connectivity index (χ1) is 9.09. The first-order valence-electron chi connectivity index (χ1n) is 6.24. The monoisotopic (exact) mass is 275 g/mol. The molecular weight excluding hydrogens is 262 g/mol. The first-order valence-corrected chi connectivity index (χ1v) is 7.12. The maximum atomic E-state index is 12.2. The van der Waals surface area contributed by atoms with Crippen molar-refractivity contribution in [3.63, 3.8) is 0 Å². The van der Waals surface area contributed by atoms with Crippen molar-refractivity contribution in [3.8, 4) is 0 Å². The highest BCUT2D eigenvalue weighted by molar-refractivity contribution is 7.12. The minimum Gasteiger partial charge on any atom is -0.297 e. The van der Waals surface area contributed by atoms with E-state index >= 15 is 0 Å². The van der Waals surface area contributed by atoms with Gasteiger partial charge in [-0.3, -0.25) is 19.3 Å². The van der Waals surface area contributed by atoms with Crippen LogP contribution in [0.25, 0.3) is 0 Å². The van der Waals surface area contributed by atoms with E-state index in [1.807, 2.05) is 0 Å². The molecule has 5 heteroatoms. The lowest BCUT2D eigenvalue weighted by Crippen LogP contribution is -2.44. The van der Waals surface area contributed by atoms with Crippen LogP contribution in [0.15, 0.2) is 23.6 Å². The Balaban J connectivity index is 1.93. The van der Waals surface area contributed by atoms with Crippen molar-refractivity contribution >= 4 is 28.9 Å². The van der Waals surface area contributed by atoms with Crippen molar-refractivity contribution in [2.45, 2.75) is 31.7 Å². The molecule has 2 heterocycles. The van der Waals surface area contributed by atoms with Gasteiger partial charge in [-0.25, -0.2) is 0 Å². The van der Waals surface area contributed by atoms with Gasteiger partial charge in [0.1, 0.15) is 4.88 Å². The highest BCUT2D eigenvalue weighted by Crippen LogP contribution is 2.32. The second-order valence-corrected chi connectivity index (χ2v) is 5.86. The Kier molecular flexibility index (Phi) is 2.86. The van der Waals surface area contributed by atoms with Gasteiger partial charge in [0.25, 0.3) is 11.8 Å². The van der Waals surface area contributed by atoms with Gasteiger partial charge in [-0.05, 0) is 30.7 Å². The molecule has 0 spiro atoms. The number of carbonyl (C=O) groups excluding carboxylic acids is 3. The molecule has 1 atom stereocenters. The molecular formula is C14H13NO3S. The van der Waals surface area contributed by atoms with Crippen LogP contribution in [0.3, 0.4) is 0 Å². The van der Waals surface area contributed by atoms with E-state index in [9.17, 15) is 14.4 Å². The number of hydrogen-bond donors (Lipinski definition) is 0. The van der Waals surface area contributed by atoms with Gasteiger partial charge in [-0.2, -0.15) is 0 Å². The van der Waals surface area contributed by atoms with Gasteiger partial charge in [-0.15, -0.1) is 11.3 Å². The molecule has 1 aromatic rings. The van der Waals surface area contributed by atoms with Gasteiger partial charge in [-0.1, -0.05) is 12.2 Å². The van der Waals surface area contributed by atoms with Gasteiger partial charge in [0.15, 0.2) is 5.78 Å². The number of carbonyl (C=O) groups is 3. The molecule has 1 fully saturated rings. The number of Topliss-reactive ketones (excluding diaryl/α,β-unsaturated/α-hetero) is 1. The quantitative estimate of drug-likeness (QED) is 0.449. The maximum Gasteiger partial charge on any atom is 0.272 e. The number of hydrogen-bond acceptors (Lipinski definition) is 4. The molecule has 1 aromatic heterocycles. The zero-order valence-electron chi connectivity index (χ0n) is 10.3. The van der Waals surface area contributed by atoms with Crippen LogP contribution in [-0.2, 0) is 4.79 Å². The average Bonchev–Trinajstić information content (AvgIpc) is 2.87. The molecule has 19 heavy (non-hydrogen) atoms. The number of fused-ring (bicyclic) bond motifs is 1. The van der Waals surface area contributed by atoms with Crippen LogP contribution in [0.5, 0.6) is 0 Å². The molecule has 0 unspecified atom stereocenters. The average molecular weight is 275 g/mol. The zero-order chi connectivity index (χ0) is 13.6. The lowest BCUT2D eigenvalue weighted by Gasteiger charge is -2.23. The number of rotatable bonds is 1. The number of ketones is 1. The summed E-state index contributed by atoms with van der Waals surface area (Å²) in [6, 6.07) is 1.04. The Morgan fingerprint density at radius 1 is 1.26 bits per heavy atom. The third kappa shape index (κ3) is 1.85. The lowest BCUT2D eigenvalue weighted by molar-refractivity contribution is -0.122. The molecule has 0 saturated heterocycles. The second kappa shape index (κ2) is 4.42. The molecule has 1 aliphatic heterocycles. The molecule has 1 aliphatic carbocycles. The third-order valence-corrected chi connectivity index (χ3v) is 4.55. The highest BCUT2D eigenvalue weighted by atomic mass is 32.1. The fourth-order valence-corrected chi connectivity index (χ4v) is 3.51. The molecule has 0 N–H and O–H groups in total. The molecule has 0 bridgehead atoms. The van der Waals surface area contributed by atoms with E-state index in [1.165, 1.54) is 11.3 Å². The maximum absolute atomic E-state index is 12.2. The minimum atomic E-state index is -0.612. The summed E-state index contributed by atoms with van der Waals surface area (Å²) in [5.74, 6) is -0.715. The molecule has 2 amide bonds. The molecule has 4 nitrogen and oxygen atoms in total. The van der Waals surface area contributed by atoms with Crippen LogP contribution in [0, 0.1) is 0 Å². The van der Waals surface area contributed by atoms with E-state index in [0.29, 0.717) is 16.9 Å². The molecule has 0 aromatic carbocycles. The van der Waals surface area contributed by atoms with Crippen molar-refractivity contribution in [1.82, 2.24) is 4.90 Å². The summed E-state index contributed by atoms with van der Waals surface area (Å²) in [7, 11) is 0. The summed E-state index contributed by atoms with van der Waals surface area (Å²) in [4.78, 5) is 38.3. The highest BCUT2D eigenvalue weighted by Gasteiger charge is 2.43. The Bertz CT molecular complexity index is 571. The molecule has 0 radical (unpaired) electrons. The third-order valence-electron chi connectivity index (χ3n) is 3.64. The minimum absolute atomic E-state index is 0.0700. The molecule has 98 valence electrons. The van der Waals surface area contributed by atoms with E-state index < -0.39 is 6.04 Å². The Morgan fingerprint density at radius 3 is 2.79 bits per heavy atom. The second-order valence-electron chi connectivity index (χ2n) is 4.94. The molecule has 3 rings (SSSR count). The van der Waals surface area contributed by atoms with E-state index in [2.05, 4.69) is 6.58 Å². The summed E-state index contributed by atoms with van der Waals surface area (Å²) in [6.45, 7) is 3.85. The predicted molar refractivity (Wildman–Crippen MR) is 71.2 cm³/mol. The standard InChI is InChI=1S/C14H13NO3S/c1-8-3-2-4-10(11(16)7-8)15-13(17)9-5-6-19-12(9)14(15)18/h5-6,10H,1-4,7H2/t10-/m0/s1. The lowest BCUT2D eigenvalue weighted by atomic mass is 10.1. The Morgan fingerprint density at radius 2 is 2.05 bits per heavy atom. The summed E-state index contributed by atoms with van der Waals surface area (Å²) in [5.41, 5.74) is 1.33. The number of thiophene rings is 1. The van der Waals surface area contributed by atoms with E-state index in [1.54, 1.807) is 11.4 Å². The summed E-state index contributed by atoms with van der Waals surface area (Å²) >= 11 is 1.26. The zero-order valence-corrected chi connectivity index (χ0v) is 11.2. The summed E-state index contributed by atoms with van der Waals surface area (Å²) in [6.07, 6.45) is 2.40. The molecule has 1 saturated carbocycles. The van der Waals surface area contributed by atoms with Gasteiger partial charge < -0.3 is 0 Å². The van der Waals surface area contributed by atoms with Crippen LogP contribution in [0.2, 0.25) is 0 Å². The number of imide groups is 1. The van der Waals surface area contributed by atoms with Crippen LogP contribution in [0.1, 0.15) is 45.7 Å². The van der Waals surface area contributed by atoms with Crippen LogP contribution in [0.4, 0.5) is 0 Å². The van der Waals surface area contributed by atoms with Crippen molar-refractivity contribution in [2.24, 2.45) is 0 Å². The Hall–Kier alpha value is -1.75. The van der Waals surface area contributed by atoms with Crippen LogP contribution < -0.4 is 0 Å². The van der Waals surface area contributed by atoms with Gasteiger partial charge in [0, 0.05) is 6.42 Å². The van der Waals surface area contributed by atoms with E-state index in [4.69, 9.17) is 0 Å². The van der Waals surface area contributed by atoms with Crippen molar-refractivity contribution in [3.05, 3.63) is 34.0 Å². The first kappa shape index (κ1) is 12.3. The van der Waals surface area contributed by atoms with Crippen molar-refractivity contribution in [2.75, 3.05) is 0 Å². The van der Waals surface area contributed by atoms with E-state index in [0.717, 1.165) is 23.3 Å². The SMILES string of the molecule is C=C1CCC[C@H](N2C(=O)c3ccsc3C2=O)C(=O)C1. The number of nitrogens with zero attached hydrogens (tertiary/aromatic N) is 1. The summed E-state index contributed by atoms with van der Waals surface area (Å²) in [5, 5.41) is 1.73. The fraction of sp³-hybridized carbons (Fsp3) is 0.357. The largest absolute Gasteiger partial charge is 0.297 e. The fourth-order valence-electron chi connectivity index (χ4n) is 2.69. The topological polar surface area (TPSA) is 54.5 Å². The van der Waals surface area contributed by atoms with Crippen LogP contribution >= 0.6 is 11.3 Å². The van der Waals surface area contributed by atoms with E-state index in [-0.39, 0.29) is 24.0 Å². The van der Waals surface area contributed by atoms with Crippen molar-refractivity contribution in [1.29, 1.82) is 0 Å². The normalized spacial score (nSPS) is 23.8. The van der Waals surface area contributed by atoms with Gasteiger partial charge in [0.05, 0.1) is 11.6 Å². The Labute approximate surface area is 114 Å². The van der Waals surface area contributed by atoms with Crippen LogP contribution in [-0.4, -0.2) is 28.5 Å². The number of allylic oxidation sites excluding steroid dienone is 1. The van der Waals surface area contributed by atoms with Gasteiger partial charge >= 0.3 is 0 Å². The number of amides is 2. The predicted octanol–water partition coefficient (Wildman–Crippen LogP) is 2.41. The smallest absolute Gasteiger partial charge is 0.272 e. The van der Waals surface area contributed by atoms with Gasteiger partial charge in [0.2, 0.25) is 0 Å². The van der Waals surface area contributed by atoms with Crippen molar-refractivity contribution < 1.29 is 14.4 Å².